The summed E-state index contributed by atoms with van der Waals surface area (Å²) in [5, 5.41) is 9.88. The summed E-state index contributed by atoms with van der Waals surface area (Å²) in [7, 11) is 0. The zero-order chi connectivity index (χ0) is 10.7. The van der Waals surface area contributed by atoms with Gasteiger partial charge in [0, 0.05) is 0 Å². The maximum absolute atomic E-state index is 9.88. The van der Waals surface area contributed by atoms with E-state index in [1.54, 1.807) is 0 Å². The van der Waals surface area contributed by atoms with Crippen molar-refractivity contribution in [1.29, 1.82) is 0 Å². The fraction of sp³-hybridized carbons (Fsp3) is 0.538. The van der Waals surface area contributed by atoms with Crippen LogP contribution in [0.1, 0.15) is 55.9 Å². The van der Waals surface area contributed by atoms with E-state index in [9.17, 15) is 5.11 Å². The molecule has 1 unspecified atom stereocenters. The van der Waals surface area contributed by atoms with E-state index in [1.807, 2.05) is 6.92 Å². The third-order valence-electron chi connectivity index (χ3n) is 2.61. The molecule has 0 saturated heterocycles. The summed E-state index contributed by atoms with van der Waals surface area (Å²) in [5.41, 5.74) is 3.59. The third-order valence-corrected chi connectivity index (χ3v) is 2.61. The lowest BCUT2D eigenvalue weighted by Gasteiger charge is -2.17. The topological polar surface area (TPSA) is 20.2 Å². The number of aliphatic hydroxyl groups excluding tert-OH is 1. The van der Waals surface area contributed by atoms with Gasteiger partial charge in [0.15, 0.2) is 0 Å². The van der Waals surface area contributed by atoms with Gasteiger partial charge in [0.05, 0.1) is 6.10 Å². The lowest BCUT2D eigenvalue weighted by molar-refractivity contribution is 0.172. The van der Waals surface area contributed by atoms with Gasteiger partial charge in [-0.2, -0.15) is 0 Å². The van der Waals surface area contributed by atoms with Crippen LogP contribution >= 0.6 is 0 Å². The van der Waals surface area contributed by atoms with Gasteiger partial charge in [0.25, 0.3) is 0 Å². The molecule has 0 spiro atoms. The Balaban J connectivity index is 3.15. The first-order valence-corrected chi connectivity index (χ1v) is 5.34. The first kappa shape index (κ1) is 11.3. The highest BCUT2D eigenvalue weighted by Crippen LogP contribution is 2.27. The van der Waals surface area contributed by atoms with E-state index in [-0.39, 0.29) is 6.10 Å². The molecule has 1 aromatic rings. The van der Waals surface area contributed by atoms with Crippen LogP contribution in [0, 0.1) is 6.92 Å². The predicted molar refractivity (Wildman–Crippen MR) is 60.5 cm³/mol. The molecule has 0 aliphatic rings. The van der Waals surface area contributed by atoms with Crippen LogP contribution in [0.5, 0.6) is 0 Å². The molecule has 1 nitrogen and oxygen atoms in total. The molecule has 1 atom stereocenters. The molecule has 0 fully saturated rings. The number of benzene rings is 1. The van der Waals surface area contributed by atoms with Crippen LogP contribution in [0.25, 0.3) is 0 Å². The minimum atomic E-state index is -0.313. The maximum atomic E-state index is 9.88. The van der Waals surface area contributed by atoms with Crippen molar-refractivity contribution < 1.29 is 5.11 Å². The zero-order valence-electron chi connectivity index (χ0n) is 9.54. The van der Waals surface area contributed by atoms with Crippen molar-refractivity contribution >= 4 is 0 Å². The second kappa shape index (κ2) is 4.61. The Morgan fingerprint density at radius 3 is 2.36 bits per heavy atom. The Kier molecular flexibility index (Phi) is 3.70. The van der Waals surface area contributed by atoms with E-state index in [4.69, 9.17) is 0 Å². The second-order valence-electron chi connectivity index (χ2n) is 4.21. The first-order valence-electron chi connectivity index (χ1n) is 5.34. The smallest absolute Gasteiger partial charge is 0.0790 e. The van der Waals surface area contributed by atoms with E-state index in [2.05, 4.69) is 39.0 Å². The van der Waals surface area contributed by atoms with Crippen LogP contribution in [0.4, 0.5) is 0 Å². The lowest BCUT2D eigenvalue weighted by Crippen LogP contribution is -2.03. The molecule has 0 radical (unpaired) electrons. The Hall–Kier alpha value is -0.820. The van der Waals surface area contributed by atoms with Crippen molar-refractivity contribution in [1.82, 2.24) is 0 Å². The largest absolute Gasteiger partial charge is 0.388 e. The van der Waals surface area contributed by atoms with Gasteiger partial charge in [0.1, 0.15) is 0 Å². The summed E-state index contributed by atoms with van der Waals surface area (Å²) in [4.78, 5) is 0. The van der Waals surface area contributed by atoms with E-state index < -0.39 is 0 Å². The van der Waals surface area contributed by atoms with Gasteiger partial charge in [-0.05, 0) is 30.4 Å². The number of hydrogen-bond donors (Lipinski definition) is 1. The lowest BCUT2D eigenvalue weighted by atomic mass is 9.92. The predicted octanol–water partition coefficient (Wildman–Crippen LogP) is 3.56. The summed E-state index contributed by atoms with van der Waals surface area (Å²) in [6.45, 7) is 8.40. The fourth-order valence-electron chi connectivity index (χ4n) is 1.73. The van der Waals surface area contributed by atoms with Gasteiger partial charge in [0.2, 0.25) is 0 Å². The third kappa shape index (κ3) is 2.36. The highest BCUT2D eigenvalue weighted by atomic mass is 16.3. The van der Waals surface area contributed by atoms with E-state index in [0.717, 1.165) is 12.0 Å². The molecule has 0 aromatic heterocycles. The molecule has 0 saturated carbocycles. The Labute approximate surface area is 86.8 Å². The van der Waals surface area contributed by atoms with Crippen molar-refractivity contribution in [2.24, 2.45) is 0 Å². The SMILES string of the molecule is CCC(O)c1cc(C)ccc1C(C)C. The molecule has 78 valence electrons. The van der Waals surface area contributed by atoms with Crippen LogP contribution in [0.2, 0.25) is 0 Å². The van der Waals surface area contributed by atoms with Gasteiger partial charge in [-0.3, -0.25) is 0 Å². The van der Waals surface area contributed by atoms with Crippen LogP contribution in [0.3, 0.4) is 0 Å². The maximum Gasteiger partial charge on any atom is 0.0790 e. The molecule has 1 rings (SSSR count). The number of aliphatic hydroxyl groups is 1. The minimum Gasteiger partial charge on any atom is -0.388 e. The molecule has 0 heterocycles. The average molecular weight is 192 g/mol. The minimum absolute atomic E-state index is 0.313. The van der Waals surface area contributed by atoms with Crippen molar-refractivity contribution in [3.05, 3.63) is 34.9 Å². The number of aryl methyl sites for hydroxylation is 1. The molecule has 14 heavy (non-hydrogen) atoms. The van der Waals surface area contributed by atoms with Crippen LogP contribution in [-0.4, -0.2) is 5.11 Å². The molecule has 0 bridgehead atoms. The van der Waals surface area contributed by atoms with E-state index >= 15 is 0 Å². The van der Waals surface area contributed by atoms with Gasteiger partial charge >= 0.3 is 0 Å². The van der Waals surface area contributed by atoms with Crippen molar-refractivity contribution in [3.8, 4) is 0 Å². The Bertz CT molecular complexity index is 302. The highest BCUT2D eigenvalue weighted by Gasteiger charge is 2.12. The van der Waals surface area contributed by atoms with Crippen LogP contribution in [0.15, 0.2) is 18.2 Å². The fourth-order valence-corrected chi connectivity index (χ4v) is 1.73. The highest BCUT2D eigenvalue weighted by molar-refractivity contribution is 5.35. The van der Waals surface area contributed by atoms with Crippen molar-refractivity contribution in [3.63, 3.8) is 0 Å². The summed E-state index contributed by atoms with van der Waals surface area (Å²) in [6, 6.07) is 6.35. The summed E-state index contributed by atoms with van der Waals surface area (Å²) < 4.78 is 0. The number of hydrogen-bond acceptors (Lipinski definition) is 1. The van der Waals surface area contributed by atoms with Gasteiger partial charge in [-0.1, -0.05) is 44.5 Å². The Morgan fingerprint density at radius 2 is 1.86 bits per heavy atom. The second-order valence-corrected chi connectivity index (χ2v) is 4.21. The van der Waals surface area contributed by atoms with Crippen LogP contribution < -0.4 is 0 Å². The Morgan fingerprint density at radius 1 is 1.21 bits per heavy atom. The summed E-state index contributed by atoms with van der Waals surface area (Å²) >= 11 is 0. The molecule has 1 heteroatoms. The molecule has 0 aliphatic heterocycles. The molecule has 0 aliphatic carbocycles. The normalized spacial score (nSPS) is 13.3. The average Bonchev–Trinajstić information content (AvgIpc) is 2.16. The van der Waals surface area contributed by atoms with E-state index in [1.165, 1.54) is 11.1 Å². The van der Waals surface area contributed by atoms with Crippen molar-refractivity contribution in [2.45, 2.75) is 46.1 Å². The van der Waals surface area contributed by atoms with Crippen LogP contribution in [-0.2, 0) is 0 Å². The van der Waals surface area contributed by atoms with Crippen molar-refractivity contribution in [2.75, 3.05) is 0 Å². The summed E-state index contributed by atoms with van der Waals surface area (Å²) in [5.74, 6) is 0.479. The first-order chi connectivity index (χ1) is 6.56. The summed E-state index contributed by atoms with van der Waals surface area (Å²) in [6.07, 6.45) is 0.468. The molecular weight excluding hydrogens is 172 g/mol. The monoisotopic (exact) mass is 192 g/mol. The van der Waals surface area contributed by atoms with E-state index in [0.29, 0.717) is 5.92 Å². The standard InChI is InChI=1S/C13H20O/c1-5-13(14)12-8-10(4)6-7-11(12)9(2)3/h6-9,13-14H,5H2,1-4H3. The molecule has 1 aromatic carbocycles. The van der Waals surface area contributed by atoms with Gasteiger partial charge < -0.3 is 5.11 Å². The molecule has 1 N–H and O–H groups in total. The molecular formula is C13H20O. The molecule has 0 amide bonds. The number of rotatable bonds is 3. The van der Waals surface area contributed by atoms with Gasteiger partial charge in [-0.25, -0.2) is 0 Å². The quantitative estimate of drug-likeness (QED) is 0.776. The zero-order valence-corrected chi connectivity index (χ0v) is 9.54. The van der Waals surface area contributed by atoms with Gasteiger partial charge in [-0.15, -0.1) is 0 Å².